The Morgan fingerprint density at radius 3 is 2.70 bits per heavy atom. The number of anilines is 1. The van der Waals surface area contributed by atoms with E-state index >= 15 is 0 Å². The van der Waals surface area contributed by atoms with Gasteiger partial charge in [-0.05, 0) is 24.6 Å². The summed E-state index contributed by atoms with van der Waals surface area (Å²) in [6.07, 6.45) is 0.725. The lowest BCUT2D eigenvalue weighted by atomic mass is 10.1. The first-order valence-corrected chi connectivity index (χ1v) is 11.1. The zero-order valence-electron chi connectivity index (χ0n) is 18.5. The van der Waals surface area contributed by atoms with Crippen LogP contribution in [-0.2, 0) is 30.8 Å². The minimum absolute atomic E-state index is 0.0991. The van der Waals surface area contributed by atoms with Crippen LogP contribution in [0.5, 0.6) is 11.5 Å². The number of ether oxygens (including phenoxy) is 2. The van der Waals surface area contributed by atoms with Gasteiger partial charge in [0, 0.05) is 37.8 Å². The maximum atomic E-state index is 13.3. The molecule has 0 fully saturated rings. The normalized spacial score (nSPS) is 15.1. The second-order valence-corrected chi connectivity index (χ2v) is 8.33. The number of carbonyl (C=O) groups excluding carboxylic acids is 1. The Bertz CT molecular complexity index is 1240. The Balaban J connectivity index is 1.31. The molecular weight excluding hydrogens is 420 g/mol. The SMILES string of the molecule is Cc1nc2c(c(=O)n1CC(=O)Nc1ccc3c(c1)OCCO3)CN(Cc1ccccc1)CC2. The summed E-state index contributed by atoms with van der Waals surface area (Å²) in [5, 5.41) is 2.84. The van der Waals surface area contributed by atoms with E-state index in [1.807, 2.05) is 18.2 Å². The van der Waals surface area contributed by atoms with Gasteiger partial charge in [0.15, 0.2) is 11.5 Å². The minimum Gasteiger partial charge on any atom is -0.486 e. The molecule has 3 heterocycles. The molecule has 2 aromatic carbocycles. The summed E-state index contributed by atoms with van der Waals surface area (Å²) < 4.78 is 12.5. The summed E-state index contributed by atoms with van der Waals surface area (Å²) in [4.78, 5) is 32.9. The van der Waals surface area contributed by atoms with Crippen molar-refractivity contribution in [2.75, 3.05) is 25.1 Å². The zero-order valence-corrected chi connectivity index (χ0v) is 18.5. The van der Waals surface area contributed by atoms with E-state index in [1.165, 1.54) is 10.1 Å². The summed E-state index contributed by atoms with van der Waals surface area (Å²) in [5.74, 6) is 1.51. The summed E-state index contributed by atoms with van der Waals surface area (Å²) in [5.41, 5.74) is 3.17. The van der Waals surface area contributed by atoms with Gasteiger partial charge in [0.25, 0.3) is 5.56 Å². The van der Waals surface area contributed by atoms with Crippen LogP contribution in [0, 0.1) is 6.92 Å². The maximum absolute atomic E-state index is 13.3. The number of hydrogen-bond donors (Lipinski definition) is 1. The van der Waals surface area contributed by atoms with Gasteiger partial charge in [-0.15, -0.1) is 0 Å². The van der Waals surface area contributed by atoms with Crippen LogP contribution in [0.3, 0.4) is 0 Å². The maximum Gasteiger partial charge on any atom is 0.258 e. The van der Waals surface area contributed by atoms with Crippen molar-refractivity contribution in [1.29, 1.82) is 0 Å². The topological polar surface area (TPSA) is 85.7 Å². The number of fused-ring (bicyclic) bond motifs is 2. The first-order valence-electron chi connectivity index (χ1n) is 11.1. The number of benzene rings is 2. The molecule has 0 saturated heterocycles. The molecule has 1 aromatic heterocycles. The van der Waals surface area contributed by atoms with Crippen molar-refractivity contribution >= 4 is 11.6 Å². The fourth-order valence-corrected chi connectivity index (χ4v) is 4.32. The third-order valence-corrected chi connectivity index (χ3v) is 5.96. The van der Waals surface area contributed by atoms with E-state index in [4.69, 9.17) is 9.47 Å². The Hall–Kier alpha value is -3.65. The van der Waals surface area contributed by atoms with Gasteiger partial charge in [0.2, 0.25) is 5.91 Å². The van der Waals surface area contributed by atoms with Gasteiger partial charge in [-0.25, -0.2) is 4.98 Å². The van der Waals surface area contributed by atoms with Crippen LogP contribution in [0.25, 0.3) is 0 Å². The van der Waals surface area contributed by atoms with E-state index in [-0.39, 0.29) is 18.0 Å². The van der Waals surface area contributed by atoms with Crippen LogP contribution in [0.1, 0.15) is 22.6 Å². The molecule has 0 spiro atoms. The molecule has 5 rings (SSSR count). The van der Waals surface area contributed by atoms with Gasteiger partial charge in [0.1, 0.15) is 25.6 Å². The average Bonchev–Trinajstić information content (AvgIpc) is 2.83. The van der Waals surface area contributed by atoms with Gasteiger partial charge in [0.05, 0.1) is 11.3 Å². The minimum atomic E-state index is -0.296. The lowest BCUT2D eigenvalue weighted by molar-refractivity contribution is -0.116. The fourth-order valence-electron chi connectivity index (χ4n) is 4.32. The van der Waals surface area contributed by atoms with Crippen molar-refractivity contribution in [3.63, 3.8) is 0 Å². The van der Waals surface area contributed by atoms with E-state index in [2.05, 4.69) is 27.3 Å². The number of hydrogen-bond acceptors (Lipinski definition) is 6. The smallest absolute Gasteiger partial charge is 0.258 e. The zero-order chi connectivity index (χ0) is 22.8. The molecule has 0 bridgehead atoms. The van der Waals surface area contributed by atoms with Crippen molar-refractivity contribution < 1.29 is 14.3 Å². The van der Waals surface area contributed by atoms with Crippen molar-refractivity contribution in [2.24, 2.45) is 0 Å². The summed E-state index contributed by atoms with van der Waals surface area (Å²) in [6, 6.07) is 15.5. The number of nitrogens with zero attached hydrogens (tertiary/aromatic N) is 3. The monoisotopic (exact) mass is 446 g/mol. The molecule has 8 heteroatoms. The molecule has 0 radical (unpaired) electrons. The molecule has 0 saturated carbocycles. The predicted molar refractivity (Wildman–Crippen MR) is 124 cm³/mol. The van der Waals surface area contributed by atoms with E-state index in [9.17, 15) is 9.59 Å². The number of amides is 1. The van der Waals surface area contributed by atoms with E-state index in [0.717, 1.165) is 25.2 Å². The highest BCUT2D eigenvalue weighted by Gasteiger charge is 2.23. The molecule has 2 aliphatic heterocycles. The Morgan fingerprint density at radius 2 is 1.88 bits per heavy atom. The number of nitrogens with one attached hydrogen (secondary N) is 1. The summed E-state index contributed by atoms with van der Waals surface area (Å²) in [7, 11) is 0. The van der Waals surface area contributed by atoms with Crippen molar-refractivity contribution in [2.45, 2.75) is 33.0 Å². The molecule has 8 nitrogen and oxygen atoms in total. The number of carbonyl (C=O) groups is 1. The number of aryl methyl sites for hydroxylation is 1. The quantitative estimate of drug-likeness (QED) is 0.648. The standard InChI is InChI=1S/C25H26N4O4/c1-17-26-21-9-10-28(14-18-5-3-2-4-6-18)15-20(21)25(31)29(17)16-24(30)27-19-7-8-22-23(13-19)33-12-11-32-22/h2-8,13H,9-12,14-16H2,1H3,(H,27,30). The first kappa shape index (κ1) is 21.2. The Kier molecular flexibility index (Phi) is 5.83. The van der Waals surface area contributed by atoms with Crippen molar-refractivity contribution in [3.05, 3.63) is 81.5 Å². The number of aromatic nitrogens is 2. The van der Waals surface area contributed by atoms with Crippen molar-refractivity contribution in [1.82, 2.24) is 14.5 Å². The van der Waals surface area contributed by atoms with Gasteiger partial charge in [-0.1, -0.05) is 30.3 Å². The van der Waals surface area contributed by atoms with Crippen LogP contribution >= 0.6 is 0 Å². The van der Waals surface area contributed by atoms with Gasteiger partial charge >= 0.3 is 0 Å². The lowest BCUT2D eigenvalue weighted by Gasteiger charge is -2.28. The molecule has 0 aliphatic carbocycles. The van der Waals surface area contributed by atoms with Crippen LogP contribution in [0.15, 0.2) is 53.3 Å². The largest absolute Gasteiger partial charge is 0.486 e. The van der Waals surface area contributed by atoms with Crippen LogP contribution in [0.4, 0.5) is 5.69 Å². The van der Waals surface area contributed by atoms with Gasteiger partial charge < -0.3 is 14.8 Å². The van der Waals surface area contributed by atoms with E-state index in [1.54, 1.807) is 25.1 Å². The first-order chi connectivity index (χ1) is 16.1. The lowest BCUT2D eigenvalue weighted by Crippen LogP contribution is -2.39. The van der Waals surface area contributed by atoms with Gasteiger partial charge in [-0.3, -0.25) is 19.1 Å². The van der Waals surface area contributed by atoms with Crippen molar-refractivity contribution in [3.8, 4) is 11.5 Å². The highest BCUT2D eigenvalue weighted by atomic mass is 16.6. The fraction of sp³-hybridized carbons (Fsp3) is 0.320. The third-order valence-electron chi connectivity index (χ3n) is 5.96. The molecular formula is C25H26N4O4. The van der Waals surface area contributed by atoms with E-state index < -0.39 is 0 Å². The summed E-state index contributed by atoms with van der Waals surface area (Å²) >= 11 is 0. The Labute approximate surface area is 191 Å². The molecule has 0 atom stereocenters. The van der Waals surface area contributed by atoms with E-state index in [0.29, 0.717) is 48.3 Å². The Morgan fingerprint density at radius 1 is 1.09 bits per heavy atom. The summed E-state index contributed by atoms with van der Waals surface area (Å²) in [6.45, 7) is 4.81. The molecule has 0 unspecified atom stereocenters. The molecule has 1 N–H and O–H groups in total. The van der Waals surface area contributed by atoms with Gasteiger partial charge in [-0.2, -0.15) is 0 Å². The molecule has 170 valence electrons. The van der Waals surface area contributed by atoms with Crippen LogP contribution < -0.4 is 20.3 Å². The highest BCUT2D eigenvalue weighted by molar-refractivity contribution is 5.91. The molecule has 33 heavy (non-hydrogen) atoms. The predicted octanol–water partition coefficient (Wildman–Crippen LogP) is 2.52. The molecule has 2 aliphatic rings. The highest BCUT2D eigenvalue weighted by Crippen LogP contribution is 2.32. The average molecular weight is 447 g/mol. The van der Waals surface area contributed by atoms with Crippen LogP contribution in [-0.4, -0.2) is 40.1 Å². The molecule has 3 aromatic rings. The number of rotatable bonds is 5. The second-order valence-electron chi connectivity index (χ2n) is 8.33. The second kappa shape index (κ2) is 9.07. The van der Waals surface area contributed by atoms with Crippen LogP contribution in [0.2, 0.25) is 0 Å². The molecule has 1 amide bonds. The third kappa shape index (κ3) is 4.61.